The van der Waals surface area contributed by atoms with Gasteiger partial charge in [-0.3, -0.25) is 4.98 Å². The number of benzene rings is 1. The van der Waals surface area contributed by atoms with E-state index >= 15 is 0 Å². The maximum atomic E-state index is 13.4. The highest BCUT2D eigenvalue weighted by Gasteiger charge is 2.17. The van der Waals surface area contributed by atoms with E-state index in [0.717, 1.165) is 22.4 Å². The van der Waals surface area contributed by atoms with Gasteiger partial charge in [0.25, 0.3) is 0 Å². The summed E-state index contributed by atoms with van der Waals surface area (Å²) < 4.78 is 13.4. The minimum absolute atomic E-state index is 0.0816. The molecule has 94 valence electrons. The Morgan fingerprint density at radius 2 is 1.94 bits per heavy atom. The second kappa shape index (κ2) is 5.27. The Morgan fingerprint density at radius 1 is 1.17 bits per heavy atom. The molecule has 2 nitrogen and oxygen atoms in total. The summed E-state index contributed by atoms with van der Waals surface area (Å²) in [6, 6.07) is 8.70. The number of rotatable bonds is 3. The molecule has 0 radical (unpaired) electrons. The number of aryl methyl sites for hydroxylation is 2. The van der Waals surface area contributed by atoms with Crippen LogP contribution < -0.4 is 5.32 Å². The molecule has 0 aliphatic carbocycles. The highest BCUT2D eigenvalue weighted by molar-refractivity contribution is 5.37. The molecule has 0 bridgehead atoms. The van der Waals surface area contributed by atoms with Crippen molar-refractivity contribution in [2.75, 3.05) is 7.05 Å². The molecule has 2 rings (SSSR count). The fourth-order valence-corrected chi connectivity index (χ4v) is 2.16. The fraction of sp³-hybridized carbons (Fsp3) is 0.267. The second-order valence-electron chi connectivity index (χ2n) is 4.43. The van der Waals surface area contributed by atoms with Crippen LogP contribution in [0.5, 0.6) is 0 Å². The van der Waals surface area contributed by atoms with Gasteiger partial charge < -0.3 is 5.32 Å². The minimum atomic E-state index is -0.218. The van der Waals surface area contributed by atoms with Crippen LogP contribution in [-0.4, -0.2) is 12.0 Å². The summed E-state index contributed by atoms with van der Waals surface area (Å²) in [7, 11) is 1.86. The van der Waals surface area contributed by atoms with Gasteiger partial charge in [0.05, 0.1) is 11.7 Å². The standard InChI is InChI=1S/C15H17FN2/c1-10-6-7-12(16)9-13(10)15(17-3)14-11(2)5-4-8-18-14/h4-9,15,17H,1-3H3. The van der Waals surface area contributed by atoms with Gasteiger partial charge in [-0.2, -0.15) is 0 Å². The van der Waals surface area contributed by atoms with Crippen LogP contribution in [0.25, 0.3) is 0 Å². The molecule has 0 aliphatic rings. The lowest BCUT2D eigenvalue weighted by atomic mass is 9.96. The third-order valence-corrected chi connectivity index (χ3v) is 3.16. The molecule has 0 aliphatic heterocycles. The Hall–Kier alpha value is -1.74. The van der Waals surface area contributed by atoms with Gasteiger partial charge in [0, 0.05) is 6.20 Å². The van der Waals surface area contributed by atoms with E-state index in [4.69, 9.17) is 0 Å². The second-order valence-corrected chi connectivity index (χ2v) is 4.43. The zero-order valence-corrected chi connectivity index (χ0v) is 10.9. The van der Waals surface area contributed by atoms with Gasteiger partial charge in [-0.1, -0.05) is 12.1 Å². The van der Waals surface area contributed by atoms with E-state index in [1.807, 2.05) is 33.0 Å². The van der Waals surface area contributed by atoms with Gasteiger partial charge in [0.1, 0.15) is 5.82 Å². The molecule has 0 saturated heterocycles. The maximum absolute atomic E-state index is 13.4. The topological polar surface area (TPSA) is 24.9 Å². The molecule has 1 aromatic carbocycles. The highest BCUT2D eigenvalue weighted by Crippen LogP contribution is 2.25. The van der Waals surface area contributed by atoms with Crippen LogP contribution in [0.15, 0.2) is 36.5 Å². The zero-order valence-electron chi connectivity index (χ0n) is 10.9. The third kappa shape index (κ3) is 2.41. The minimum Gasteiger partial charge on any atom is -0.308 e. The van der Waals surface area contributed by atoms with Crippen LogP contribution in [0, 0.1) is 19.7 Å². The molecular weight excluding hydrogens is 227 g/mol. The van der Waals surface area contributed by atoms with Crippen molar-refractivity contribution in [3.63, 3.8) is 0 Å². The summed E-state index contributed by atoms with van der Waals surface area (Å²) in [5, 5.41) is 3.21. The Bertz CT molecular complexity index is 552. The van der Waals surface area contributed by atoms with Crippen LogP contribution in [0.1, 0.15) is 28.4 Å². The van der Waals surface area contributed by atoms with Gasteiger partial charge >= 0.3 is 0 Å². The third-order valence-electron chi connectivity index (χ3n) is 3.16. The molecule has 1 N–H and O–H groups in total. The van der Waals surface area contributed by atoms with Gasteiger partial charge in [0.15, 0.2) is 0 Å². The quantitative estimate of drug-likeness (QED) is 0.897. The highest BCUT2D eigenvalue weighted by atomic mass is 19.1. The molecule has 1 unspecified atom stereocenters. The van der Waals surface area contributed by atoms with Crippen molar-refractivity contribution >= 4 is 0 Å². The average Bonchev–Trinajstić information content (AvgIpc) is 2.36. The first-order chi connectivity index (χ1) is 8.63. The first-order valence-corrected chi connectivity index (χ1v) is 5.98. The van der Waals surface area contributed by atoms with Crippen LogP contribution in [-0.2, 0) is 0 Å². The summed E-state index contributed by atoms with van der Waals surface area (Å²) in [4.78, 5) is 4.41. The zero-order chi connectivity index (χ0) is 13.1. The van der Waals surface area contributed by atoms with Gasteiger partial charge in [0.2, 0.25) is 0 Å². The first kappa shape index (κ1) is 12.7. The van der Waals surface area contributed by atoms with Crippen molar-refractivity contribution in [3.8, 4) is 0 Å². The molecule has 0 spiro atoms. The van der Waals surface area contributed by atoms with E-state index in [1.54, 1.807) is 18.3 Å². The maximum Gasteiger partial charge on any atom is 0.123 e. The molecule has 1 aromatic heterocycles. The molecule has 2 aromatic rings. The normalized spacial score (nSPS) is 12.4. The number of aromatic nitrogens is 1. The number of nitrogens with zero attached hydrogens (tertiary/aromatic N) is 1. The van der Waals surface area contributed by atoms with E-state index in [2.05, 4.69) is 10.3 Å². The molecule has 0 fully saturated rings. The molecule has 1 atom stereocenters. The van der Waals surface area contributed by atoms with E-state index < -0.39 is 0 Å². The van der Waals surface area contributed by atoms with E-state index in [0.29, 0.717) is 0 Å². The molecule has 1 heterocycles. The summed E-state index contributed by atoms with van der Waals surface area (Å²) in [5.41, 5.74) is 4.02. The Kier molecular flexibility index (Phi) is 3.72. The van der Waals surface area contributed by atoms with Crippen LogP contribution >= 0.6 is 0 Å². The summed E-state index contributed by atoms with van der Waals surface area (Å²) >= 11 is 0. The molecule has 0 amide bonds. The van der Waals surface area contributed by atoms with Crippen molar-refractivity contribution in [1.82, 2.24) is 10.3 Å². The number of halogens is 1. The van der Waals surface area contributed by atoms with Crippen LogP contribution in [0.4, 0.5) is 4.39 Å². The fourth-order valence-electron chi connectivity index (χ4n) is 2.16. The van der Waals surface area contributed by atoms with E-state index in [9.17, 15) is 4.39 Å². The Balaban J connectivity index is 2.52. The summed E-state index contributed by atoms with van der Waals surface area (Å²) in [6.45, 7) is 4.00. The Labute approximate surface area is 107 Å². The smallest absolute Gasteiger partial charge is 0.123 e. The van der Waals surface area contributed by atoms with Crippen molar-refractivity contribution in [1.29, 1.82) is 0 Å². The monoisotopic (exact) mass is 244 g/mol. The lowest BCUT2D eigenvalue weighted by molar-refractivity contribution is 0.611. The average molecular weight is 244 g/mol. The van der Waals surface area contributed by atoms with Crippen molar-refractivity contribution < 1.29 is 4.39 Å². The summed E-state index contributed by atoms with van der Waals surface area (Å²) in [6.07, 6.45) is 1.77. The van der Waals surface area contributed by atoms with Crippen LogP contribution in [0.3, 0.4) is 0 Å². The van der Waals surface area contributed by atoms with E-state index in [1.165, 1.54) is 6.07 Å². The van der Waals surface area contributed by atoms with Gasteiger partial charge in [-0.15, -0.1) is 0 Å². The van der Waals surface area contributed by atoms with Crippen molar-refractivity contribution in [2.24, 2.45) is 0 Å². The predicted octanol–water partition coefficient (Wildman–Crippen LogP) is 3.15. The summed E-state index contributed by atoms with van der Waals surface area (Å²) in [5.74, 6) is -0.218. The molecular formula is C15H17FN2. The number of hydrogen-bond acceptors (Lipinski definition) is 2. The number of hydrogen-bond donors (Lipinski definition) is 1. The SMILES string of the molecule is CNC(c1cc(F)ccc1C)c1ncccc1C. The molecule has 0 saturated carbocycles. The number of nitrogens with one attached hydrogen (secondary N) is 1. The van der Waals surface area contributed by atoms with E-state index in [-0.39, 0.29) is 11.9 Å². The first-order valence-electron chi connectivity index (χ1n) is 5.98. The number of pyridine rings is 1. The van der Waals surface area contributed by atoms with Gasteiger partial charge in [-0.05, 0) is 55.8 Å². The van der Waals surface area contributed by atoms with Crippen molar-refractivity contribution in [3.05, 3.63) is 64.7 Å². The van der Waals surface area contributed by atoms with Crippen molar-refractivity contribution in [2.45, 2.75) is 19.9 Å². The Morgan fingerprint density at radius 3 is 2.61 bits per heavy atom. The lowest BCUT2D eigenvalue weighted by Crippen LogP contribution is -2.21. The lowest BCUT2D eigenvalue weighted by Gasteiger charge is -2.20. The van der Waals surface area contributed by atoms with Gasteiger partial charge in [-0.25, -0.2) is 4.39 Å². The largest absolute Gasteiger partial charge is 0.308 e. The molecule has 18 heavy (non-hydrogen) atoms. The predicted molar refractivity (Wildman–Crippen MR) is 71.0 cm³/mol. The van der Waals surface area contributed by atoms with Crippen LogP contribution in [0.2, 0.25) is 0 Å². The molecule has 3 heteroatoms.